The molecular weight excluding hydrogens is 188 g/mol. The first-order chi connectivity index (χ1) is 7.22. The second kappa shape index (κ2) is 3.73. The average Bonchev–Trinajstić information content (AvgIpc) is 2.70. The molecule has 0 aliphatic carbocycles. The van der Waals surface area contributed by atoms with Crippen molar-refractivity contribution in [3.63, 3.8) is 0 Å². The molecule has 15 heavy (non-hydrogen) atoms. The van der Waals surface area contributed by atoms with Crippen molar-refractivity contribution in [3.05, 3.63) is 30.1 Å². The topological polar surface area (TPSA) is 64.6 Å². The number of rotatable bonds is 2. The molecule has 78 valence electrons. The second-order valence-corrected chi connectivity index (χ2v) is 3.52. The maximum Gasteiger partial charge on any atom is 0.117 e. The summed E-state index contributed by atoms with van der Waals surface area (Å²) in [5.41, 5.74) is 1.96. The molecule has 0 aliphatic rings. The summed E-state index contributed by atoms with van der Waals surface area (Å²) >= 11 is 0. The van der Waals surface area contributed by atoms with Gasteiger partial charge in [0.05, 0.1) is 17.0 Å². The van der Waals surface area contributed by atoms with Gasteiger partial charge in [-0.05, 0) is 19.1 Å². The van der Waals surface area contributed by atoms with Gasteiger partial charge in [0, 0.05) is 7.05 Å². The number of benzene rings is 1. The summed E-state index contributed by atoms with van der Waals surface area (Å²) in [6, 6.07) is 7.88. The molecule has 1 aromatic carbocycles. The highest BCUT2D eigenvalue weighted by Gasteiger charge is 2.14. The number of para-hydroxylation sites is 2. The number of imidazole rings is 1. The molecule has 0 aliphatic heterocycles. The van der Waals surface area contributed by atoms with Crippen LogP contribution in [0.25, 0.3) is 11.0 Å². The van der Waals surface area contributed by atoms with Crippen LogP contribution in [0.1, 0.15) is 18.7 Å². The quantitative estimate of drug-likeness (QED) is 0.514. The third kappa shape index (κ3) is 1.70. The summed E-state index contributed by atoms with van der Waals surface area (Å²) in [5, 5.41) is 10.5. The van der Waals surface area contributed by atoms with Gasteiger partial charge in [-0.25, -0.2) is 4.98 Å². The fourth-order valence-electron chi connectivity index (χ4n) is 1.53. The second-order valence-electron chi connectivity index (χ2n) is 3.52. The molecule has 0 saturated heterocycles. The number of nitrogens with one attached hydrogen (secondary N) is 3. The van der Waals surface area contributed by atoms with Crippen LogP contribution in [0.4, 0.5) is 0 Å². The fraction of sp³-hybridized carbons (Fsp3) is 0.273. The third-order valence-electron chi connectivity index (χ3n) is 2.52. The highest BCUT2D eigenvalue weighted by atomic mass is 15.0. The van der Waals surface area contributed by atoms with E-state index in [1.165, 1.54) is 0 Å². The van der Waals surface area contributed by atoms with Crippen molar-refractivity contribution in [1.29, 1.82) is 5.41 Å². The number of aromatic amines is 1. The molecule has 0 spiro atoms. The van der Waals surface area contributed by atoms with Crippen LogP contribution in [0.15, 0.2) is 24.3 Å². The van der Waals surface area contributed by atoms with Crippen molar-refractivity contribution in [1.82, 2.24) is 15.3 Å². The van der Waals surface area contributed by atoms with Crippen LogP contribution < -0.4 is 5.32 Å². The lowest BCUT2D eigenvalue weighted by atomic mass is 10.1. The fourth-order valence-corrected chi connectivity index (χ4v) is 1.53. The Hall–Kier alpha value is -1.84. The van der Waals surface area contributed by atoms with Crippen LogP contribution in [0.3, 0.4) is 0 Å². The minimum atomic E-state index is -0.0256. The van der Waals surface area contributed by atoms with Gasteiger partial charge in [-0.1, -0.05) is 12.1 Å². The first-order valence-corrected chi connectivity index (χ1v) is 4.93. The molecule has 2 rings (SSSR count). The summed E-state index contributed by atoms with van der Waals surface area (Å²) < 4.78 is 0. The molecule has 1 atom stereocenters. The lowest BCUT2D eigenvalue weighted by Gasteiger charge is -2.08. The van der Waals surface area contributed by atoms with E-state index in [0.717, 1.165) is 16.9 Å². The Balaban J connectivity index is 2.40. The molecule has 0 fully saturated rings. The van der Waals surface area contributed by atoms with Crippen molar-refractivity contribution in [3.8, 4) is 0 Å². The van der Waals surface area contributed by atoms with Crippen molar-refractivity contribution in [2.24, 2.45) is 0 Å². The number of fused-ring (bicyclic) bond motifs is 1. The molecule has 0 saturated carbocycles. The lowest BCUT2D eigenvalue weighted by molar-refractivity contribution is 0.868. The van der Waals surface area contributed by atoms with Gasteiger partial charge in [0.2, 0.25) is 0 Å². The Kier molecular flexibility index (Phi) is 2.41. The van der Waals surface area contributed by atoms with E-state index in [0.29, 0.717) is 5.84 Å². The normalized spacial score (nSPS) is 12.7. The van der Waals surface area contributed by atoms with Crippen molar-refractivity contribution < 1.29 is 0 Å². The van der Waals surface area contributed by atoms with Gasteiger partial charge in [-0.3, -0.25) is 5.41 Å². The number of nitrogens with zero attached hydrogens (tertiary/aromatic N) is 1. The first-order valence-electron chi connectivity index (χ1n) is 4.93. The monoisotopic (exact) mass is 202 g/mol. The molecule has 2 aromatic rings. The summed E-state index contributed by atoms with van der Waals surface area (Å²) in [4.78, 5) is 7.66. The van der Waals surface area contributed by atoms with Crippen LogP contribution in [0.2, 0.25) is 0 Å². The van der Waals surface area contributed by atoms with Gasteiger partial charge < -0.3 is 10.3 Å². The molecule has 1 aromatic heterocycles. The van der Waals surface area contributed by atoms with Gasteiger partial charge >= 0.3 is 0 Å². The Bertz CT molecular complexity index is 453. The van der Waals surface area contributed by atoms with Crippen LogP contribution in [-0.4, -0.2) is 22.9 Å². The summed E-state index contributed by atoms with van der Waals surface area (Å²) in [6.45, 7) is 1.95. The number of aromatic nitrogens is 2. The van der Waals surface area contributed by atoms with E-state index >= 15 is 0 Å². The molecule has 0 bridgehead atoms. The Morgan fingerprint density at radius 1 is 1.47 bits per heavy atom. The van der Waals surface area contributed by atoms with Crippen molar-refractivity contribution in [2.75, 3.05) is 7.05 Å². The molecule has 3 N–H and O–H groups in total. The Morgan fingerprint density at radius 2 is 2.20 bits per heavy atom. The summed E-state index contributed by atoms with van der Waals surface area (Å²) in [5.74, 6) is 1.27. The van der Waals surface area contributed by atoms with E-state index in [2.05, 4.69) is 15.3 Å². The van der Waals surface area contributed by atoms with E-state index in [-0.39, 0.29) is 5.92 Å². The van der Waals surface area contributed by atoms with E-state index in [9.17, 15) is 0 Å². The number of likely N-dealkylation sites (N-methyl/N-ethyl adjacent to an activating group) is 1. The molecule has 0 amide bonds. The van der Waals surface area contributed by atoms with Crippen molar-refractivity contribution >= 4 is 16.9 Å². The van der Waals surface area contributed by atoms with Crippen LogP contribution in [0.5, 0.6) is 0 Å². The third-order valence-corrected chi connectivity index (χ3v) is 2.52. The largest absolute Gasteiger partial charge is 0.376 e. The Labute approximate surface area is 88.2 Å². The zero-order valence-corrected chi connectivity index (χ0v) is 8.83. The Morgan fingerprint density at radius 3 is 2.87 bits per heavy atom. The van der Waals surface area contributed by atoms with E-state index in [4.69, 9.17) is 5.41 Å². The van der Waals surface area contributed by atoms with Gasteiger partial charge in [0.15, 0.2) is 0 Å². The number of H-pyrrole nitrogens is 1. The maximum absolute atomic E-state index is 7.68. The van der Waals surface area contributed by atoms with E-state index in [1.54, 1.807) is 7.05 Å². The van der Waals surface area contributed by atoms with Crippen molar-refractivity contribution in [2.45, 2.75) is 12.8 Å². The average molecular weight is 202 g/mol. The highest BCUT2D eigenvalue weighted by molar-refractivity contribution is 5.86. The predicted molar refractivity (Wildman–Crippen MR) is 61.3 cm³/mol. The van der Waals surface area contributed by atoms with Gasteiger partial charge in [-0.15, -0.1) is 0 Å². The smallest absolute Gasteiger partial charge is 0.117 e. The highest BCUT2D eigenvalue weighted by Crippen LogP contribution is 2.17. The molecule has 4 heteroatoms. The SMILES string of the molecule is CNC(=N)C(C)c1nc2ccccc2[nH]1. The van der Waals surface area contributed by atoms with E-state index < -0.39 is 0 Å². The predicted octanol–water partition coefficient (Wildman–Crippen LogP) is 1.86. The van der Waals surface area contributed by atoms with Gasteiger partial charge in [0.1, 0.15) is 11.7 Å². The van der Waals surface area contributed by atoms with Crippen LogP contribution >= 0.6 is 0 Å². The number of amidine groups is 1. The zero-order chi connectivity index (χ0) is 10.8. The van der Waals surface area contributed by atoms with Crippen LogP contribution in [-0.2, 0) is 0 Å². The summed E-state index contributed by atoms with van der Waals surface area (Å²) in [6.07, 6.45) is 0. The minimum absolute atomic E-state index is 0.0256. The maximum atomic E-state index is 7.68. The number of hydrogen-bond acceptors (Lipinski definition) is 2. The van der Waals surface area contributed by atoms with E-state index in [1.807, 2.05) is 31.2 Å². The van der Waals surface area contributed by atoms with Gasteiger partial charge in [-0.2, -0.15) is 0 Å². The lowest BCUT2D eigenvalue weighted by Crippen LogP contribution is -2.23. The molecule has 4 nitrogen and oxygen atoms in total. The standard InChI is InChI=1S/C11H14N4/c1-7(10(12)13-2)11-14-8-5-3-4-6-9(8)15-11/h3-7H,1-2H3,(H2,12,13)(H,14,15). The first kappa shape index (κ1) is 9.71. The molecule has 0 radical (unpaired) electrons. The zero-order valence-electron chi connectivity index (χ0n) is 8.83. The number of hydrogen-bond donors (Lipinski definition) is 3. The minimum Gasteiger partial charge on any atom is -0.376 e. The molecular formula is C11H14N4. The summed E-state index contributed by atoms with van der Waals surface area (Å²) in [7, 11) is 1.75. The molecule has 1 heterocycles. The van der Waals surface area contributed by atoms with Crippen LogP contribution in [0, 0.1) is 5.41 Å². The molecule has 1 unspecified atom stereocenters. The van der Waals surface area contributed by atoms with Gasteiger partial charge in [0.25, 0.3) is 0 Å².